The van der Waals surface area contributed by atoms with Crippen LogP contribution >= 0.6 is 0 Å². The van der Waals surface area contributed by atoms with E-state index in [0.717, 1.165) is 43.1 Å². The molecular formula is C25H29FN4O2. The van der Waals surface area contributed by atoms with Gasteiger partial charge in [0, 0.05) is 30.4 Å². The van der Waals surface area contributed by atoms with Crippen molar-refractivity contribution in [3.63, 3.8) is 0 Å². The largest absolute Gasteiger partial charge is 0.482 e. The molecular weight excluding hydrogens is 407 g/mol. The van der Waals surface area contributed by atoms with Gasteiger partial charge < -0.3 is 20.3 Å². The summed E-state index contributed by atoms with van der Waals surface area (Å²) in [5.74, 6) is 0.604. The number of halogens is 1. The smallest absolute Gasteiger partial charge is 0.260 e. The summed E-state index contributed by atoms with van der Waals surface area (Å²) in [7, 11) is 0. The second-order valence-electron chi connectivity index (χ2n) is 8.44. The Bertz CT molecular complexity index is 1100. The molecule has 4 rings (SSSR count). The van der Waals surface area contributed by atoms with Crippen LogP contribution < -0.4 is 10.6 Å². The molecule has 0 spiro atoms. The SMILES string of the molecule is CCN(CC)CCNc1cc(C2=CC(=C3C(=O)Nc4cc(F)ccc43)OC2(C)C)ccn1. The summed E-state index contributed by atoms with van der Waals surface area (Å²) in [6.07, 6.45) is 3.68. The van der Waals surface area contributed by atoms with E-state index in [1.165, 1.54) is 12.1 Å². The van der Waals surface area contributed by atoms with Gasteiger partial charge in [0.2, 0.25) is 0 Å². The molecule has 1 amide bonds. The van der Waals surface area contributed by atoms with Gasteiger partial charge >= 0.3 is 0 Å². The molecule has 1 aromatic carbocycles. The van der Waals surface area contributed by atoms with Gasteiger partial charge in [-0.2, -0.15) is 0 Å². The Labute approximate surface area is 188 Å². The molecule has 2 aliphatic rings. The van der Waals surface area contributed by atoms with Crippen molar-refractivity contribution in [3.8, 4) is 0 Å². The number of ether oxygens (including phenoxy) is 1. The summed E-state index contributed by atoms with van der Waals surface area (Å²) in [6, 6.07) is 8.23. The molecule has 3 heterocycles. The number of hydrogen-bond acceptors (Lipinski definition) is 5. The Balaban J connectivity index is 1.63. The van der Waals surface area contributed by atoms with Crippen molar-refractivity contribution in [1.29, 1.82) is 0 Å². The molecule has 2 aromatic rings. The van der Waals surface area contributed by atoms with Crippen molar-refractivity contribution in [3.05, 3.63) is 65.3 Å². The van der Waals surface area contributed by atoms with Gasteiger partial charge in [0.05, 0.1) is 11.3 Å². The van der Waals surface area contributed by atoms with Crippen molar-refractivity contribution in [1.82, 2.24) is 9.88 Å². The highest BCUT2D eigenvalue weighted by atomic mass is 19.1. The van der Waals surface area contributed by atoms with Crippen LogP contribution in [0.25, 0.3) is 11.1 Å². The first-order valence-corrected chi connectivity index (χ1v) is 11.0. The fourth-order valence-electron chi connectivity index (χ4n) is 4.18. The topological polar surface area (TPSA) is 66.5 Å². The highest BCUT2D eigenvalue weighted by Gasteiger charge is 2.38. The summed E-state index contributed by atoms with van der Waals surface area (Å²) in [5.41, 5.74) is 2.83. The van der Waals surface area contributed by atoms with Gasteiger partial charge in [0.25, 0.3) is 5.91 Å². The van der Waals surface area contributed by atoms with Crippen molar-refractivity contribution >= 4 is 28.6 Å². The normalized spacial score (nSPS) is 18.9. The Kier molecular flexibility index (Phi) is 6.02. The average Bonchev–Trinajstić information content (AvgIpc) is 3.25. The molecule has 0 aliphatic carbocycles. The molecule has 0 saturated carbocycles. The molecule has 2 N–H and O–H groups in total. The van der Waals surface area contributed by atoms with E-state index in [1.54, 1.807) is 12.3 Å². The Morgan fingerprint density at radius 2 is 1.97 bits per heavy atom. The fraction of sp³-hybridized carbons (Fsp3) is 0.360. The third-order valence-corrected chi connectivity index (χ3v) is 5.96. The van der Waals surface area contributed by atoms with E-state index in [2.05, 4.69) is 34.4 Å². The zero-order valence-electron chi connectivity index (χ0n) is 19.0. The number of amides is 1. The summed E-state index contributed by atoms with van der Waals surface area (Å²) in [5, 5.41) is 6.12. The third kappa shape index (κ3) is 4.25. The van der Waals surface area contributed by atoms with Gasteiger partial charge in [0.15, 0.2) is 0 Å². The second-order valence-corrected chi connectivity index (χ2v) is 8.44. The predicted molar refractivity (Wildman–Crippen MR) is 126 cm³/mol. The van der Waals surface area contributed by atoms with Crippen LogP contribution in [-0.2, 0) is 9.53 Å². The number of carbonyl (C=O) groups excluding carboxylic acids is 1. The molecule has 0 radical (unpaired) electrons. The number of pyridine rings is 1. The summed E-state index contributed by atoms with van der Waals surface area (Å²) >= 11 is 0. The molecule has 0 fully saturated rings. The number of allylic oxidation sites excluding steroid dienone is 1. The van der Waals surface area contributed by atoms with Crippen LogP contribution in [0.2, 0.25) is 0 Å². The second kappa shape index (κ2) is 8.74. The minimum atomic E-state index is -0.634. The molecule has 168 valence electrons. The van der Waals surface area contributed by atoms with E-state index >= 15 is 0 Å². The number of nitrogens with one attached hydrogen (secondary N) is 2. The number of rotatable bonds is 7. The van der Waals surface area contributed by atoms with E-state index in [1.807, 2.05) is 32.1 Å². The van der Waals surface area contributed by atoms with Crippen LogP contribution in [0.3, 0.4) is 0 Å². The quantitative estimate of drug-likeness (QED) is 0.625. The maximum absolute atomic E-state index is 13.6. The van der Waals surface area contributed by atoms with E-state index in [-0.39, 0.29) is 5.91 Å². The Hall–Kier alpha value is -3.19. The number of hydrogen-bond donors (Lipinski definition) is 2. The molecule has 2 aliphatic heterocycles. The van der Waals surface area contributed by atoms with Gasteiger partial charge in [-0.3, -0.25) is 4.79 Å². The highest BCUT2D eigenvalue weighted by molar-refractivity contribution is 6.32. The van der Waals surface area contributed by atoms with Crippen LogP contribution in [0.4, 0.5) is 15.9 Å². The third-order valence-electron chi connectivity index (χ3n) is 5.96. The molecule has 6 nitrogen and oxygen atoms in total. The van der Waals surface area contributed by atoms with Gasteiger partial charge in [-0.25, -0.2) is 9.37 Å². The fourth-order valence-corrected chi connectivity index (χ4v) is 4.18. The number of fused-ring (bicyclic) bond motifs is 1. The van der Waals surface area contributed by atoms with Gasteiger partial charge in [0.1, 0.15) is 23.0 Å². The summed E-state index contributed by atoms with van der Waals surface area (Å²) < 4.78 is 19.8. The van der Waals surface area contributed by atoms with Crippen molar-refractivity contribution in [2.24, 2.45) is 0 Å². The minimum absolute atomic E-state index is 0.289. The zero-order chi connectivity index (χ0) is 22.9. The van der Waals surface area contributed by atoms with E-state index < -0.39 is 11.4 Å². The lowest BCUT2D eigenvalue weighted by Gasteiger charge is -2.24. The van der Waals surface area contributed by atoms with Crippen LogP contribution in [-0.4, -0.2) is 47.6 Å². The standard InChI is InChI=1S/C25H29FN4O2/c1-5-30(6-2)12-11-28-22-13-16(9-10-27-22)19-15-21(32-25(19,3)4)23-18-8-7-17(26)14-20(18)29-24(23)31/h7-10,13-15H,5-6,11-12H2,1-4H3,(H,27,28)(H,29,31). The van der Waals surface area contributed by atoms with Gasteiger partial charge in [-0.1, -0.05) is 13.8 Å². The van der Waals surface area contributed by atoms with E-state index in [9.17, 15) is 9.18 Å². The van der Waals surface area contributed by atoms with Crippen molar-refractivity contribution in [2.75, 3.05) is 36.8 Å². The number of carbonyl (C=O) groups is 1. The van der Waals surface area contributed by atoms with Crippen LogP contribution in [0.1, 0.15) is 38.8 Å². The van der Waals surface area contributed by atoms with Crippen LogP contribution in [0.5, 0.6) is 0 Å². The maximum Gasteiger partial charge on any atom is 0.260 e. The molecule has 0 unspecified atom stereocenters. The van der Waals surface area contributed by atoms with Gasteiger partial charge in [-0.05, 0) is 68.9 Å². The lowest BCUT2D eigenvalue weighted by atomic mass is 9.92. The molecule has 7 heteroatoms. The summed E-state index contributed by atoms with van der Waals surface area (Å²) in [4.78, 5) is 19.4. The number of nitrogens with zero attached hydrogens (tertiary/aromatic N) is 2. The van der Waals surface area contributed by atoms with E-state index in [4.69, 9.17) is 4.74 Å². The minimum Gasteiger partial charge on any atom is -0.482 e. The Morgan fingerprint density at radius 1 is 1.19 bits per heavy atom. The molecule has 32 heavy (non-hydrogen) atoms. The number of aromatic nitrogens is 1. The van der Waals surface area contributed by atoms with E-state index in [0.29, 0.717) is 22.6 Å². The first-order valence-electron chi connectivity index (χ1n) is 11.0. The first-order chi connectivity index (χ1) is 15.3. The first kappa shape index (κ1) is 22.0. The number of anilines is 2. The lowest BCUT2D eigenvalue weighted by molar-refractivity contribution is -0.111. The van der Waals surface area contributed by atoms with Crippen molar-refractivity contribution < 1.29 is 13.9 Å². The van der Waals surface area contributed by atoms with Crippen LogP contribution in [0, 0.1) is 5.82 Å². The average molecular weight is 437 g/mol. The molecule has 0 saturated heterocycles. The van der Waals surface area contributed by atoms with Crippen LogP contribution in [0.15, 0.2) is 48.4 Å². The molecule has 0 atom stereocenters. The monoisotopic (exact) mass is 436 g/mol. The number of likely N-dealkylation sites (N-methyl/N-ethyl adjacent to an activating group) is 1. The lowest BCUT2D eigenvalue weighted by Crippen LogP contribution is -2.28. The molecule has 1 aromatic heterocycles. The predicted octanol–water partition coefficient (Wildman–Crippen LogP) is 4.53. The Morgan fingerprint density at radius 3 is 2.72 bits per heavy atom. The number of benzene rings is 1. The van der Waals surface area contributed by atoms with Gasteiger partial charge in [-0.15, -0.1) is 0 Å². The highest BCUT2D eigenvalue weighted by Crippen LogP contribution is 2.44. The van der Waals surface area contributed by atoms with Crippen molar-refractivity contribution in [2.45, 2.75) is 33.3 Å². The molecule has 0 bridgehead atoms. The summed E-state index contributed by atoms with van der Waals surface area (Å²) in [6.45, 7) is 12.0. The maximum atomic E-state index is 13.6. The zero-order valence-corrected chi connectivity index (χ0v) is 19.0.